The van der Waals surface area contributed by atoms with E-state index in [1.54, 1.807) is 7.11 Å². The number of ether oxygens (including phenoxy) is 3. The molecule has 0 atom stereocenters. The third-order valence-corrected chi connectivity index (χ3v) is 5.89. The molecule has 0 fully saturated rings. The predicted octanol–water partition coefficient (Wildman–Crippen LogP) is 5.89. The number of nitrogens with zero attached hydrogens (tertiary/aromatic N) is 1. The van der Waals surface area contributed by atoms with Gasteiger partial charge >= 0.3 is 5.97 Å². The van der Waals surface area contributed by atoms with Crippen molar-refractivity contribution in [3.05, 3.63) is 78.9 Å². The first-order valence-corrected chi connectivity index (χ1v) is 11.2. The molecule has 0 amide bonds. The highest BCUT2D eigenvalue weighted by atomic mass is 16.5. The standard InChI is InChI=1S/C28H25NO5/c1-32-26-15-19-7-2-3-8-20(19)16-27(26)34-14-6-13-33-21-11-12-23-22-9-4-5-10-24(22)29(18-28(30)31)25(23)17-21/h2-5,7-12,15-17H,6,13-14,18H2,1H3,(H,30,31). The SMILES string of the molecule is COc1cc2ccccc2cc1OCCCOc1ccc2c3ccccc3n(CC(=O)O)c2c1. The molecule has 1 heterocycles. The Hall–Kier alpha value is -4.19. The van der Waals surface area contributed by atoms with Crippen LogP contribution in [0.2, 0.25) is 0 Å². The molecule has 0 aliphatic rings. The van der Waals surface area contributed by atoms with Crippen LogP contribution < -0.4 is 14.2 Å². The van der Waals surface area contributed by atoms with Gasteiger partial charge < -0.3 is 23.9 Å². The number of carboxylic acids is 1. The maximum absolute atomic E-state index is 11.4. The number of fused-ring (bicyclic) bond motifs is 4. The van der Waals surface area contributed by atoms with E-state index in [9.17, 15) is 9.90 Å². The predicted molar refractivity (Wildman–Crippen MR) is 133 cm³/mol. The first kappa shape index (κ1) is 21.6. The molecule has 0 saturated heterocycles. The summed E-state index contributed by atoms with van der Waals surface area (Å²) in [5, 5.41) is 13.6. The first-order valence-electron chi connectivity index (χ1n) is 11.2. The number of aromatic nitrogens is 1. The Morgan fingerprint density at radius 3 is 2.24 bits per heavy atom. The molecule has 34 heavy (non-hydrogen) atoms. The second-order valence-corrected chi connectivity index (χ2v) is 8.08. The van der Waals surface area contributed by atoms with Crippen LogP contribution in [0.3, 0.4) is 0 Å². The van der Waals surface area contributed by atoms with Crippen molar-refractivity contribution in [1.82, 2.24) is 4.57 Å². The topological polar surface area (TPSA) is 69.9 Å². The first-order chi connectivity index (χ1) is 16.6. The number of para-hydroxylation sites is 1. The summed E-state index contributed by atoms with van der Waals surface area (Å²) in [6.45, 7) is 0.853. The normalized spacial score (nSPS) is 11.2. The molecular weight excluding hydrogens is 430 g/mol. The van der Waals surface area contributed by atoms with Gasteiger partial charge in [0.05, 0.1) is 25.8 Å². The molecule has 0 aliphatic carbocycles. The highest BCUT2D eigenvalue weighted by Crippen LogP contribution is 2.33. The van der Waals surface area contributed by atoms with Crippen LogP contribution in [0.5, 0.6) is 17.2 Å². The highest BCUT2D eigenvalue weighted by molar-refractivity contribution is 6.08. The maximum atomic E-state index is 11.4. The van der Waals surface area contributed by atoms with Crippen molar-refractivity contribution < 1.29 is 24.1 Å². The van der Waals surface area contributed by atoms with Crippen LogP contribution in [-0.2, 0) is 11.3 Å². The van der Waals surface area contributed by atoms with Gasteiger partial charge in [-0.3, -0.25) is 4.79 Å². The van der Waals surface area contributed by atoms with E-state index in [-0.39, 0.29) is 6.54 Å². The van der Waals surface area contributed by atoms with E-state index in [2.05, 4.69) is 0 Å². The molecule has 5 rings (SSSR count). The van der Waals surface area contributed by atoms with Gasteiger partial charge in [0.15, 0.2) is 11.5 Å². The Balaban J connectivity index is 1.26. The summed E-state index contributed by atoms with van der Waals surface area (Å²) in [5.74, 6) is 1.23. The summed E-state index contributed by atoms with van der Waals surface area (Å²) in [4.78, 5) is 11.4. The summed E-state index contributed by atoms with van der Waals surface area (Å²) in [6.07, 6.45) is 0.687. The third-order valence-electron chi connectivity index (χ3n) is 5.89. The minimum absolute atomic E-state index is 0.102. The van der Waals surface area contributed by atoms with E-state index >= 15 is 0 Å². The van der Waals surface area contributed by atoms with Crippen molar-refractivity contribution >= 4 is 38.5 Å². The number of carbonyl (C=O) groups is 1. The van der Waals surface area contributed by atoms with E-state index in [0.717, 1.165) is 32.6 Å². The molecule has 1 N–H and O–H groups in total. The lowest BCUT2D eigenvalue weighted by atomic mass is 10.1. The van der Waals surface area contributed by atoms with Crippen LogP contribution in [0.4, 0.5) is 0 Å². The number of methoxy groups -OCH3 is 1. The Kier molecular flexibility index (Phi) is 5.95. The Labute approximate surface area is 196 Å². The fourth-order valence-corrected chi connectivity index (χ4v) is 4.33. The lowest BCUT2D eigenvalue weighted by Crippen LogP contribution is -2.08. The second kappa shape index (κ2) is 9.35. The van der Waals surface area contributed by atoms with Gasteiger partial charge in [0.2, 0.25) is 0 Å². The molecule has 0 spiro atoms. The lowest BCUT2D eigenvalue weighted by molar-refractivity contribution is -0.137. The van der Waals surface area contributed by atoms with Crippen LogP contribution in [0.1, 0.15) is 6.42 Å². The summed E-state index contributed by atoms with van der Waals surface area (Å²) in [5.41, 5.74) is 1.74. The summed E-state index contributed by atoms with van der Waals surface area (Å²) in [6, 6.07) is 25.7. The number of aliphatic carboxylic acids is 1. The molecule has 6 nitrogen and oxygen atoms in total. The number of benzene rings is 4. The molecule has 0 radical (unpaired) electrons. The molecule has 0 unspecified atom stereocenters. The molecule has 0 bridgehead atoms. The van der Waals surface area contributed by atoms with Gasteiger partial charge in [0.1, 0.15) is 12.3 Å². The van der Waals surface area contributed by atoms with Crippen molar-refractivity contribution in [2.75, 3.05) is 20.3 Å². The number of hydrogen-bond donors (Lipinski definition) is 1. The molecule has 6 heteroatoms. The summed E-state index contributed by atoms with van der Waals surface area (Å²) >= 11 is 0. The lowest BCUT2D eigenvalue weighted by Gasteiger charge is -2.13. The average Bonchev–Trinajstić information content (AvgIpc) is 3.15. The quantitative estimate of drug-likeness (QED) is 0.281. The average molecular weight is 456 g/mol. The van der Waals surface area contributed by atoms with E-state index < -0.39 is 5.97 Å². The zero-order chi connectivity index (χ0) is 23.5. The van der Waals surface area contributed by atoms with Gasteiger partial charge in [-0.05, 0) is 41.1 Å². The Morgan fingerprint density at radius 1 is 0.794 bits per heavy atom. The van der Waals surface area contributed by atoms with E-state index in [4.69, 9.17) is 14.2 Å². The maximum Gasteiger partial charge on any atom is 0.323 e. The molecule has 0 saturated carbocycles. The molecule has 1 aromatic heterocycles. The van der Waals surface area contributed by atoms with E-state index in [1.807, 2.05) is 83.4 Å². The third kappa shape index (κ3) is 4.22. The molecule has 0 aliphatic heterocycles. The zero-order valence-corrected chi connectivity index (χ0v) is 18.9. The van der Waals surface area contributed by atoms with Crippen LogP contribution in [0, 0.1) is 0 Å². The van der Waals surface area contributed by atoms with Gasteiger partial charge in [-0.15, -0.1) is 0 Å². The van der Waals surface area contributed by atoms with Gasteiger partial charge in [-0.1, -0.05) is 42.5 Å². The number of carboxylic acid groups (broad SMARTS) is 1. The van der Waals surface area contributed by atoms with E-state index in [1.165, 1.54) is 0 Å². The van der Waals surface area contributed by atoms with Crippen LogP contribution in [0.25, 0.3) is 32.6 Å². The molecular formula is C28H25NO5. The highest BCUT2D eigenvalue weighted by Gasteiger charge is 2.13. The Morgan fingerprint density at radius 2 is 1.47 bits per heavy atom. The largest absolute Gasteiger partial charge is 0.493 e. The van der Waals surface area contributed by atoms with Crippen molar-refractivity contribution in [3.8, 4) is 17.2 Å². The second-order valence-electron chi connectivity index (χ2n) is 8.08. The smallest absolute Gasteiger partial charge is 0.323 e. The molecule has 5 aromatic rings. The minimum atomic E-state index is -0.879. The summed E-state index contributed by atoms with van der Waals surface area (Å²) in [7, 11) is 1.64. The zero-order valence-electron chi connectivity index (χ0n) is 18.9. The van der Waals surface area contributed by atoms with Crippen molar-refractivity contribution in [2.24, 2.45) is 0 Å². The number of hydrogen-bond acceptors (Lipinski definition) is 4. The van der Waals surface area contributed by atoms with Crippen LogP contribution in [0.15, 0.2) is 78.9 Å². The van der Waals surface area contributed by atoms with Gasteiger partial charge in [0, 0.05) is 28.8 Å². The van der Waals surface area contributed by atoms with Gasteiger partial charge in [-0.25, -0.2) is 0 Å². The molecule has 4 aromatic carbocycles. The minimum Gasteiger partial charge on any atom is -0.493 e. The fourth-order valence-electron chi connectivity index (χ4n) is 4.33. The van der Waals surface area contributed by atoms with Gasteiger partial charge in [0.25, 0.3) is 0 Å². The van der Waals surface area contributed by atoms with Crippen molar-refractivity contribution in [1.29, 1.82) is 0 Å². The van der Waals surface area contributed by atoms with Crippen LogP contribution >= 0.6 is 0 Å². The fraction of sp³-hybridized carbons (Fsp3) is 0.179. The van der Waals surface area contributed by atoms with Crippen molar-refractivity contribution in [2.45, 2.75) is 13.0 Å². The van der Waals surface area contributed by atoms with E-state index in [0.29, 0.717) is 36.9 Å². The number of rotatable bonds is 9. The van der Waals surface area contributed by atoms with Gasteiger partial charge in [-0.2, -0.15) is 0 Å². The summed E-state index contributed by atoms with van der Waals surface area (Å²) < 4.78 is 19.2. The monoisotopic (exact) mass is 455 g/mol. The van der Waals surface area contributed by atoms with Crippen molar-refractivity contribution in [3.63, 3.8) is 0 Å². The van der Waals surface area contributed by atoms with Crippen LogP contribution in [-0.4, -0.2) is 36.0 Å². The Bertz CT molecular complexity index is 1490. The molecule has 172 valence electrons.